The van der Waals surface area contributed by atoms with Gasteiger partial charge in [-0.1, -0.05) is 11.6 Å². The van der Waals surface area contributed by atoms with Crippen molar-refractivity contribution in [2.45, 2.75) is 6.92 Å². The highest BCUT2D eigenvalue weighted by Gasteiger charge is 2.07. The topological polar surface area (TPSA) is 63.3 Å². The summed E-state index contributed by atoms with van der Waals surface area (Å²) in [5.74, 6) is -0.999. The fourth-order valence-corrected chi connectivity index (χ4v) is 1.03. The number of carbonyl (C=O) groups is 1. The number of aryl methyl sites for hydroxylation is 1. The first kappa shape index (κ1) is 8.87. The maximum atomic E-state index is 10.5. The Labute approximate surface area is 74.8 Å². The van der Waals surface area contributed by atoms with Crippen molar-refractivity contribution in [3.05, 3.63) is 28.3 Å². The van der Waals surface area contributed by atoms with Gasteiger partial charge in [0, 0.05) is 0 Å². The van der Waals surface area contributed by atoms with Crippen LogP contribution < -0.4 is 5.73 Å². The van der Waals surface area contributed by atoms with E-state index in [1.807, 2.05) is 0 Å². The minimum atomic E-state index is -0.999. The molecule has 0 aromatic heterocycles. The first-order valence-corrected chi connectivity index (χ1v) is 3.69. The second-order valence-electron chi connectivity index (χ2n) is 2.50. The van der Waals surface area contributed by atoms with Gasteiger partial charge in [-0.3, -0.25) is 0 Å². The number of carboxylic acid groups (broad SMARTS) is 1. The molecule has 1 aromatic carbocycles. The maximum absolute atomic E-state index is 10.5. The third kappa shape index (κ3) is 1.51. The first-order chi connectivity index (χ1) is 5.52. The van der Waals surface area contributed by atoms with E-state index in [-0.39, 0.29) is 5.56 Å². The zero-order chi connectivity index (χ0) is 9.30. The molecule has 12 heavy (non-hydrogen) atoms. The molecule has 64 valence electrons. The molecule has 0 radical (unpaired) electrons. The number of nitrogen functional groups attached to an aromatic ring is 1. The van der Waals surface area contributed by atoms with E-state index in [4.69, 9.17) is 22.4 Å². The van der Waals surface area contributed by atoms with E-state index in [1.165, 1.54) is 12.1 Å². The Morgan fingerprint density at radius 2 is 2.17 bits per heavy atom. The lowest BCUT2D eigenvalue weighted by atomic mass is 10.1. The summed E-state index contributed by atoms with van der Waals surface area (Å²) >= 11 is 5.74. The van der Waals surface area contributed by atoms with Crippen LogP contribution in [0.4, 0.5) is 5.69 Å². The fourth-order valence-electron chi connectivity index (χ4n) is 0.920. The van der Waals surface area contributed by atoms with Crippen LogP contribution in [-0.4, -0.2) is 11.1 Å². The summed E-state index contributed by atoms with van der Waals surface area (Å²) in [5.41, 5.74) is 6.60. The molecular formula is C8H8ClNO2. The fraction of sp³-hybridized carbons (Fsp3) is 0.125. The summed E-state index contributed by atoms with van der Waals surface area (Å²) in [5, 5.41) is 9.04. The normalized spacial score (nSPS) is 9.83. The SMILES string of the molecule is Cc1cc(C(=O)O)cc(N)c1Cl. The molecule has 0 spiro atoms. The van der Waals surface area contributed by atoms with E-state index in [2.05, 4.69) is 0 Å². The first-order valence-electron chi connectivity index (χ1n) is 3.31. The third-order valence-electron chi connectivity index (χ3n) is 1.53. The number of hydrogen-bond acceptors (Lipinski definition) is 2. The summed E-state index contributed by atoms with van der Waals surface area (Å²) in [6.07, 6.45) is 0. The number of anilines is 1. The smallest absolute Gasteiger partial charge is 0.335 e. The molecule has 0 fully saturated rings. The van der Waals surface area contributed by atoms with Gasteiger partial charge in [0.25, 0.3) is 0 Å². The lowest BCUT2D eigenvalue weighted by Crippen LogP contribution is -1.99. The molecule has 0 aliphatic carbocycles. The van der Waals surface area contributed by atoms with Crippen molar-refractivity contribution in [1.82, 2.24) is 0 Å². The van der Waals surface area contributed by atoms with Gasteiger partial charge in [-0.05, 0) is 24.6 Å². The van der Waals surface area contributed by atoms with Crippen molar-refractivity contribution < 1.29 is 9.90 Å². The predicted molar refractivity (Wildman–Crippen MR) is 47.6 cm³/mol. The van der Waals surface area contributed by atoms with Gasteiger partial charge < -0.3 is 10.8 Å². The second kappa shape index (κ2) is 3.03. The van der Waals surface area contributed by atoms with Crippen LogP contribution in [-0.2, 0) is 0 Å². The Morgan fingerprint density at radius 3 is 2.58 bits per heavy atom. The van der Waals surface area contributed by atoms with Crippen LogP contribution >= 0.6 is 11.6 Å². The summed E-state index contributed by atoms with van der Waals surface area (Å²) in [6.45, 7) is 1.71. The molecule has 0 bridgehead atoms. The van der Waals surface area contributed by atoms with Crippen LogP contribution in [0.2, 0.25) is 5.02 Å². The van der Waals surface area contributed by atoms with Gasteiger partial charge in [0.1, 0.15) is 0 Å². The Hall–Kier alpha value is -1.22. The summed E-state index contributed by atoms with van der Waals surface area (Å²) in [7, 11) is 0. The molecule has 4 heteroatoms. The molecular weight excluding hydrogens is 178 g/mol. The Balaban J connectivity index is 3.31. The summed E-state index contributed by atoms with van der Waals surface area (Å²) in [4.78, 5) is 10.5. The predicted octanol–water partition coefficient (Wildman–Crippen LogP) is 1.93. The van der Waals surface area contributed by atoms with Crippen LogP contribution in [0.15, 0.2) is 12.1 Å². The lowest BCUT2D eigenvalue weighted by molar-refractivity contribution is 0.0697. The van der Waals surface area contributed by atoms with Crippen molar-refractivity contribution in [3.8, 4) is 0 Å². The summed E-state index contributed by atoms with van der Waals surface area (Å²) in [6, 6.07) is 2.83. The Bertz CT molecular complexity index is 313. The van der Waals surface area contributed by atoms with Gasteiger partial charge in [0.15, 0.2) is 0 Å². The van der Waals surface area contributed by atoms with E-state index in [0.717, 1.165) is 0 Å². The van der Waals surface area contributed by atoms with E-state index >= 15 is 0 Å². The third-order valence-corrected chi connectivity index (χ3v) is 2.05. The van der Waals surface area contributed by atoms with Gasteiger partial charge in [0.05, 0.1) is 16.3 Å². The molecule has 0 amide bonds. The molecule has 0 atom stereocenters. The standard InChI is InChI=1S/C8H8ClNO2/c1-4-2-5(8(11)12)3-6(10)7(4)9/h2-3H,10H2,1H3,(H,11,12). The van der Waals surface area contributed by atoms with Crippen molar-refractivity contribution in [1.29, 1.82) is 0 Å². The van der Waals surface area contributed by atoms with Crippen molar-refractivity contribution in [2.75, 3.05) is 5.73 Å². The van der Waals surface area contributed by atoms with Crippen LogP contribution in [0.3, 0.4) is 0 Å². The zero-order valence-corrected chi connectivity index (χ0v) is 7.22. The van der Waals surface area contributed by atoms with Crippen LogP contribution in [0.5, 0.6) is 0 Å². The zero-order valence-electron chi connectivity index (χ0n) is 6.47. The number of carboxylic acids is 1. The number of nitrogens with two attached hydrogens (primary N) is 1. The maximum Gasteiger partial charge on any atom is 0.335 e. The second-order valence-corrected chi connectivity index (χ2v) is 2.88. The van der Waals surface area contributed by atoms with Crippen LogP contribution in [0, 0.1) is 6.92 Å². The molecule has 0 heterocycles. The number of rotatable bonds is 1. The minimum Gasteiger partial charge on any atom is -0.478 e. The quantitative estimate of drug-likeness (QED) is 0.658. The molecule has 0 unspecified atom stereocenters. The monoisotopic (exact) mass is 185 g/mol. The lowest BCUT2D eigenvalue weighted by Gasteiger charge is -2.03. The molecule has 3 N–H and O–H groups in total. The summed E-state index contributed by atoms with van der Waals surface area (Å²) < 4.78 is 0. The highest BCUT2D eigenvalue weighted by atomic mass is 35.5. The Morgan fingerprint density at radius 1 is 1.58 bits per heavy atom. The molecule has 0 saturated carbocycles. The van der Waals surface area contributed by atoms with E-state index in [0.29, 0.717) is 16.3 Å². The van der Waals surface area contributed by atoms with Gasteiger partial charge in [-0.25, -0.2) is 4.79 Å². The minimum absolute atomic E-state index is 0.161. The van der Waals surface area contributed by atoms with Gasteiger partial charge in [-0.2, -0.15) is 0 Å². The highest BCUT2D eigenvalue weighted by molar-refractivity contribution is 6.34. The number of benzene rings is 1. The number of aromatic carboxylic acids is 1. The van der Waals surface area contributed by atoms with E-state index < -0.39 is 5.97 Å². The average molecular weight is 186 g/mol. The molecule has 0 aliphatic rings. The molecule has 3 nitrogen and oxygen atoms in total. The van der Waals surface area contributed by atoms with Crippen LogP contribution in [0.1, 0.15) is 15.9 Å². The van der Waals surface area contributed by atoms with E-state index in [1.54, 1.807) is 6.92 Å². The highest BCUT2D eigenvalue weighted by Crippen LogP contribution is 2.24. The van der Waals surface area contributed by atoms with Crippen LogP contribution in [0.25, 0.3) is 0 Å². The Kier molecular flexibility index (Phi) is 2.24. The largest absolute Gasteiger partial charge is 0.478 e. The van der Waals surface area contributed by atoms with Crippen molar-refractivity contribution in [3.63, 3.8) is 0 Å². The van der Waals surface area contributed by atoms with Gasteiger partial charge >= 0.3 is 5.97 Å². The average Bonchev–Trinajstić information content (AvgIpc) is 1.99. The molecule has 0 aliphatic heterocycles. The molecule has 1 rings (SSSR count). The number of hydrogen-bond donors (Lipinski definition) is 2. The molecule has 0 saturated heterocycles. The van der Waals surface area contributed by atoms with E-state index in [9.17, 15) is 4.79 Å². The van der Waals surface area contributed by atoms with Gasteiger partial charge in [0.2, 0.25) is 0 Å². The van der Waals surface area contributed by atoms with Gasteiger partial charge in [-0.15, -0.1) is 0 Å². The van der Waals surface area contributed by atoms with Crippen molar-refractivity contribution in [2.24, 2.45) is 0 Å². The van der Waals surface area contributed by atoms with Crippen molar-refractivity contribution >= 4 is 23.3 Å². The number of halogens is 1. The molecule has 1 aromatic rings.